The molecule has 4 aliphatic heterocycles. The second kappa shape index (κ2) is 8.98. The van der Waals surface area contributed by atoms with Gasteiger partial charge in [0.1, 0.15) is 11.8 Å². The number of benzene rings is 2. The van der Waals surface area contributed by atoms with Crippen molar-refractivity contribution >= 4 is 28.6 Å². The van der Waals surface area contributed by atoms with E-state index >= 15 is 0 Å². The van der Waals surface area contributed by atoms with Crippen molar-refractivity contribution < 1.29 is 14.6 Å². The van der Waals surface area contributed by atoms with Crippen LogP contribution in [0.3, 0.4) is 0 Å². The van der Waals surface area contributed by atoms with Crippen LogP contribution in [0.5, 0.6) is 5.75 Å². The number of piperidine rings is 3. The highest BCUT2D eigenvalue weighted by molar-refractivity contribution is 6.31. The van der Waals surface area contributed by atoms with Crippen molar-refractivity contribution in [2.75, 3.05) is 25.5 Å². The van der Waals surface area contributed by atoms with Gasteiger partial charge in [0, 0.05) is 34.4 Å². The Kier molecular flexibility index (Phi) is 6.04. The minimum atomic E-state index is -0.707. The number of hydrogen-bond donors (Lipinski definition) is 2. The molecule has 0 amide bonds. The number of aliphatic hydroxyl groups excluding tert-OH is 1. The van der Waals surface area contributed by atoms with E-state index in [9.17, 15) is 9.90 Å². The summed E-state index contributed by atoms with van der Waals surface area (Å²) in [5, 5.41) is 15.5. The summed E-state index contributed by atoms with van der Waals surface area (Å²) in [6, 6.07) is 12.1. The number of carbonyl (C=O) groups is 1. The SMILES string of the molecule is C=C[C@H]1CN2CCC1C[C@H]2[C@H](O)C1=CC(C(=O)c2cccc(Cl)c2)Nc2ccc(OC)cc21. The highest BCUT2D eigenvalue weighted by Gasteiger charge is 2.43. The molecule has 3 unspecified atom stereocenters. The number of halogens is 1. The van der Waals surface area contributed by atoms with Gasteiger partial charge >= 0.3 is 0 Å². The molecule has 0 aromatic heterocycles. The molecule has 2 aromatic rings. The monoisotopic (exact) mass is 464 g/mol. The molecular formula is C27H29ClN2O3. The number of nitrogens with zero attached hydrogens (tertiary/aromatic N) is 1. The largest absolute Gasteiger partial charge is 0.497 e. The molecule has 0 spiro atoms. The molecule has 0 aliphatic carbocycles. The van der Waals surface area contributed by atoms with Crippen LogP contribution in [0.2, 0.25) is 5.02 Å². The highest BCUT2D eigenvalue weighted by atomic mass is 35.5. The topological polar surface area (TPSA) is 61.8 Å². The maximum Gasteiger partial charge on any atom is 0.189 e. The predicted molar refractivity (Wildman–Crippen MR) is 132 cm³/mol. The van der Waals surface area contributed by atoms with Gasteiger partial charge in [-0.3, -0.25) is 9.69 Å². The number of nitrogens with one attached hydrogen (secondary N) is 1. The molecule has 6 atom stereocenters. The number of carbonyl (C=O) groups excluding carboxylic acids is 1. The molecule has 3 fully saturated rings. The maximum atomic E-state index is 13.3. The van der Waals surface area contributed by atoms with Crippen LogP contribution in [0.1, 0.15) is 28.8 Å². The second-order valence-electron chi connectivity index (χ2n) is 9.22. The number of ketones is 1. The van der Waals surface area contributed by atoms with Gasteiger partial charge in [0.25, 0.3) is 0 Å². The van der Waals surface area contributed by atoms with E-state index in [1.165, 1.54) is 0 Å². The lowest BCUT2D eigenvalue weighted by molar-refractivity contribution is -0.0254. The molecule has 6 rings (SSSR count). The number of hydrogen-bond acceptors (Lipinski definition) is 5. The third-order valence-electron chi connectivity index (χ3n) is 7.42. The normalized spacial score (nSPS) is 28.8. The number of ether oxygens (including phenoxy) is 1. The average molecular weight is 465 g/mol. The van der Waals surface area contributed by atoms with Crippen LogP contribution in [-0.4, -0.2) is 54.2 Å². The third-order valence-corrected chi connectivity index (χ3v) is 7.66. The van der Waals surface area contributed by atoms with E-state index < -0.39 is 12.1 Å². The van der Waals surface area contributed by atoms with Crippen LogP contribution < -0.4 is 10.1 Å². The van der Waals surface area contributed by atoms with E-state index in [-0.39, 0.29) is 11.8 Å². The molecule has 33 heavy (non-hydrogen) atoms. The fourth-order valence-electron chi connectivity index (χ4n) is 5.63. The summed E-state index contributed by atoms with van der Waals surface area (Å²) < 4.78 is 5.45. The zero-order valence-electron chi connectivity index (χ0n) is 18.7. The van der Waals surface area contributed by atoms with Crippen molar-refractivity contribution in [1.82, 2.24) is 4.90 Å². The Balaban J connectivity index is 1.51. The van der Waals surface area contributed by atoms with E-state index in [0.29, 0.717) is 28.2 Å². The van der Waals surface area contributed by atoms with Crippen molar-refractivity contribution in [2.24, 2.45) is 11.8 Å². The molecule has 2 N–H and O–H groups in total. The zero-order valence-corrected chi connectivity index (χ0v) is 19.5. The molecule has 172 valence electrons. The molecule has 4 heterocycles. The number of methoxy groups -OCH3 is 1. The first-order chi connectivity index (χ1) is 16.0. The lowest BCUT2D eigenvalue weighted by Gasteiger charge is -2.51. The van der Waals surface area contributed by atoms with Gasteiger partial charge in [-0.2, -0.15) is 0 Å². The van der Waals surface area contributed by atoms with E-state index in [2.05, 4.69) is 22.9 Å². The number of aliphatic hydroxyl groups is 1. The zero-order chi connectivity index (χ0) is 23.1. The average Bonchev–Trinajstić information content (AvgIpc) is 2.86. The van der Waals surface area contributed by atoms with Gasteiger partial charge < -0.3 is 15.2 Å². The molecular weight excluding hydrogens is 436 g/mol. The van der Waals surface area contributed by atoms with E-state index in [1.54, 1.807) is 31.4 Å². The second-order valence-corrected chi connectivity index (χ2v) is 9.66. The van der Waals surface area contributed by atoms with Crippen molar-refractivity contribution in [2.45, 2.75) is 31.0 Å². The molecule has 5 nitrogen and oxygen atoms in total. The minimum absolute atomic E-state index is 0.0188. The fraction of sp³-hybridized carbons (Fsp3) is 0.370. The summed E-state index contributed by atoms with van der Waals surface area (Å²) in [6.07, 6.45) is 5.30. The van der Waals surface area contributed by atoms with Gasteiger partial charge in [-0.05, 0) is 73.2 Å². The van der Waals surface area contributed by atoms with Crippen molar-refractivity contribution in [3.63, 3.8) is 0 Å². The Labute approximate surface area is 199 Å². The van der Waals surface area contributed by atoms with Crippen molar-refractivity contribution in [3.8, 4) is 5.75 Å². The minimum Gasteiger partial charge on any atom is -0.497 e. The standard InChI is InChI=1S/C27H29ClN2O3/c1-3-16-15-30-10-9-17(16)12-25(30)27(32)22-14-24(26(31)18-5-4-6-19(28)11-18)29-23-8-7-20(33-2)13-21(22)23/h3-8,11,13-14,16-17,24-25,27,29,32H,1,9-10,12,15H2,2H3/t16-,17?,24?,25-,27+/m0/s1. The Morgan fingerprint density at radius 3 is 2.88 bits per heavy atom. The Morgan fingerprint density at radius 2 is 2.18 bits per heavy atom. The van der Waals surface area contributed by atoms with Crippen molar-refractivity contribution in [3.05, 3.63) is 77.3 Å². The third kappa shape index (κ3) is 4.10. The van der Waals surface area contributed by atoms with Gasteiger partial charge in [0.2, 0.25) is 0 Å². The summed E-state index contributed by atoms with van der Waals surface area (Å²) in [5.74, 6) is 1.66. The molecule has 2 aromatic carbocycles. The molecule has 4 aliphatic rings. The van der Waals surface area contributed by atoms with Crippen LogP contribution in [0.25, 0.3) is 5.57 Å². The first kappa shape index (κ1) is 22.2. The number of Topliss-reactive ketones (excluding diaryl/α,β-unsaturated/α-hetero) is 1. The smallest absolute Gasteiger partial charge is 0.189 e. The Morgan fingerprint density at radius 1 is 1.33 bits per heavy atom. The first-order valence-corrected chi connectivity index (χ1v) is 11.9. The van der Waals surface area contributed by atoms with Crippen LogP contribution >= 0.6 is 11.6 Å². The number of anilines is 1. The summed E-state index contributed by atoms with van der Waals surface area (Å²) >= 11 is 6.13. The molecule has 3 saturated heterocycles. The predicted octanol–water partition coefficient (Wildman–Crippen LogP) is 4.67. The molecule has 0 radical (unpaired) electrons. The van der Waals surface area contributed by atoms with Crippen LogP contribution in [-0.2, 0) is 0 Å². The van der Waals surface area contributed by atoms with Crippen LogP contribution in [0, 0.1) is 11.8 Å². The highest BCUT2D eigenvalue weighted by Crippen LogP contribution is 2.42. The number of rotatable bonds is 6. The van der Waals surface area contributed by atoms with E-state index in [0.717, 1.165) is 42.8 Å². The van der Waals surface area contributed by atoms with Gasteiger partial charge in [0.05, 0.1) is 13.2 Å². The summed E-state index contributed by atoms with van der Waals surface area (Å²) in [7, 11) is 1.63. The van der Waals surface area contributed by atoms with Gasteiger partial charge in [0.15, 0.2) is 5.78 Å². The van der Waals surface area contributed by atoms with Crippen molar-refractivity contribution in [1.29, 1.82) is 0 Å². The van der Waals surface area contributed by atoms with Gasteiger partial charge in [-0.25, -0.2) is 0 Å². The molecule has 6 heteroatoms. The van der Waals surface area contributed by atoms with Gasteiger partial charge in [-0.1, -0.05) is 29.8 Å². The number of fused-ring (bicyclic) bond motifs is 4. The lowest BCUT2D eigenvalue weighted by atomic mass is 9.73. The Hall–Kier alpha value is -2.60. The fourth-order valence-corrected chi connectivity index (χ4v) is 5.82. The summed E-state index contributed by atoms with van der Waals surface area (Å²) in [6.45, 7) is 5.92. The quantitative estimate of drug-likeness (QED) is 0.480. The van der Waals surface area contributed by atoms with E-state index in [4.69, 9.17) is 16.3 Å². The van der Waals surface area contributed by atoms with E-state index in [1.807, 2.05) is 24.3 Å². The van der Waals surface area contributed by atoms with Gasteiger partial charge in [-0.15, -0.1) is 6.58 Å². The molecule has 2 bridgehead atoms. The van der Waals surface area contributed by atoms with Crippen LogP contribution in [0.15, 0.2) is 61.2 Å². The maximum absolute atomic E-state index is 13.3. The Bertz CT molecular complexity index is 1110. The first-order valence-electron chi connectivity index (χ1n) is 11.5. The summed E-state index contributed by atoms with van der Waals surface area (Å²) in [4.78, 5) is 15.7. The van der Waals surface area contributed by atoms with Crippen LogP contribution in [0.4, 0.5) is 5.69 Å². The summed E-state index contributed by atoms with van der Waals surface area (Å²) in [5.41, 5.74) is 3.00. The lowest BCUT2D eigenvalue weighted by Crippen LogP contribution is -2.57. The molecule has 0 saturated carbocycles.